The van der Waals surface area contributed by atoms with Crippen molar-refractivity contribution in [1.82, 2.24) is 15.0 Å². The zero-order valence-corrected chi connectivity index (χ0v) is 31.1. The molecule has 56 heavy (non-hydrogen) atoms. The van der Waals surface area contributed by atoms with Crippen LogP contribution in [0.4, 0.5) is 0 Å². The van der Waals surface area contributed by atoms with Crippen LogP contribution in [0.25, 0.3) is 76.6 Å². The third kappa shape index (κ3) is 5.14. The maximum Gasteiger partial charge on any atom is 0.164 e. The SMILES string of the molecule is c1ccc(-c2cccc(-c3nc(-c4ccc5c(c4)C(c4ccccc4)(c4ccccc4)c4ccccc4-5)nc(-c4ccc5c(c4)sc4ccccc45)n3)c2)cc1. The molecule has 2 heterocycles. The van der Waals surface area contributed by atoms with Crippen molar-refractivity contribution < 1.29 is 0 Å². The summed E-state index contributed by atoms with van der Waals surface area (Å²) in [7, 11) is 0. The molecule has 0 saturated carbocycles. The lowest BCUT2D eigenvalue weighted by Crippen LogP contribution is -2.28. The van der Waals surface area contributed by atoms with E-state index in [1.54, 1.807) is 11.3 Å². The molecule has 8 aromatic carbocycles. The van der Waals surface area contributed by atoms with Gasteiger partial charge in [0.2, 0.25) is 0 Å². The molecule has 3 nitrogen and oxygen atoms in total. The van der Waals surface area contributed by atoms with Gasteiger partial charge in [0.05, 0.1) is 5.41 Å². The first-order valence-electron chi connectivity index (χ1n) is 18.9. The molecule has 0 saturated heterocycles. The number of fused-ring (bicyclic) bond motifs is 6. The van der Waals surface area contributed by atoms with Gasteiger partial charge in [0, 0.05) is 36.9 Å². The Hall–Kier alpha value is -7.01. The van der Waals surface area contributed by atoms with Crippen molar-refractivity contribution in [3.05, 3.63) is 222 Å². The summed E-state index contributed by atoms with van der Waals surface area (Å²) in [6.45, 7) is 0. The van der Waals surface area contributed by atoms with Gasteiger partial charge in [0.15, 0.2) is 17.5 Å². The highest BCUT2D eigenvalue weighted by Gasteiger charge is 2.46. The fourth-order valence-corrected chi connectivity index (χ4v) is 9.83. The molecule has 0 atom stereocenters. The van der Waals surface area contributed by atoms with Gasteiger partial charge in [-0.05, 0) is 68.8 Å². The van der Waals surface area contributed by atoms with Crippen LogP contribution < -0.4 is 0 Å². The summed E-state index contributed by atoms with van der Waals surface area (Å²) in [5, 5.41) is 2.52. The molecule has 0 bridgehead atoms. The van der Waals surface area contributed by atoms with E-state index >= 15 is 0 Å². The lowest BCUT2D eigenvalue weighted by molar-refractivity contribution is 0.768. The first-order valence-corrected chi connectivity index (χ1v) is 19.8. The van der Waals surface area contributed by atoms with Crippen LogP contribution in [0, 0.1) is 0 Å². The summed E-state index contributed by atoms with van der Waals surface area (Å²) in [6.07, 6.45) is 0. The quantitative estimate of drug-likeness (QED) is 0.171. The highest BCUT2D eigenvalue weighted by Crippen LogP contribution is 2.56. The van der Waals surface area contributed by atoms with Gasteiger partial charge < -0.3 is 0 Å². The second-order valence-corrected chi connectivity index (χ2v) is 15.4. The van der Waals surface area contributed by atoms with E-state index in [2.05, 4.69) is 194 Å². The predicted octanol–water partition coefficient (Wildman–Crippen LogP) is 13.3. The summed E-state index contributed by atoms with van der Waals surface area (Å²) in [5.74, 6) is 1.93. The molecule has 1 aliphatic rings. The third-order valence-corrected chi connectivity index (χ3v) is 12.4. The van der Waals surface area contributed by atoms with E-state index in [-0.39, 0.29) is 0 Å². The van der Waals surface area contributed by atoms with Crippen LogP contribution in [0.2, 0.25) is 0 Å². The van der Waals surface area contributed by atoms with Crippen molar-refractivity contribution in [2.75, 3.05) is 0 Å². The molecule has 0 unspecified atom stereocenters. The largest absolute Gasteiger partial charge is 0.208 e. The molecule has 0 amide bonds. The van der Waals surface area contributed by atoms with Crippen LogP contribution in [0.15, 0.2) is 200 Å². The van der Waals surface area contributed by atoms with Crippen molar-refractivity contribution in [2.45, 2.75) is 5.41 Å². The summed E-state index contributed by atoms with van der Waals surface area (Å²) < 4.78 is 2.48. The number of nitrogens with zero attached hydrogens (tertiary/aromatic N) is 3. The summed E-state index contributed by atoms with van der Waals surface area (Å²) in [4.78, 5) is 15.8. The summed E-state index contributed by atoms with van der Waals surface area (Å²) in [5.41, 5.74) is 12.0. The molecule has 10 aromatic rings. The van der Waals surface area contributed by atoms with E-state index in [9.17, 15) is 0 Å². The van der Waals surface area contributed by atoms with E-state index in [0.717, 1.165) is 27.8 Å². The van der Waals surface area contributed by atoms with E-state index in [4.69, 9.17) is 15.0 Å². The van der Waals surface area contributed by atoms with E-state index in [0.29, 0.717) is 17.5 Å². The van der Waals surface area contributed by atoms with Crippen molar-refractivity contribution in [1.29, 1.82) is 0 Å². The number of hydrogen-bond donors (Lipinski definition) is 0. The van der Waals surface area contributed by atoms with Crippen molar-refractivity contribution in [3.8, 4) is 56.4 Å². The fourth-order valence-electron chi connectivity index (χ4n) is 8.68. The molecule has 4 heteroatoms. The van der Waals surface area contributed by atoms with Gasteiger partial charge in [0.25, 0.3) is 0 Å². The van der Waals surface area contributed by atoms with E-state index in [1.165, 1.54) is 53.6 Å². The molecule has 0 radical (unpaired) electrons. The van der Waals surface area contributed by atoms with Gasteiger partial charge >= 0.3 is 0 Å². The average Bonchev–Trinajstić information content (AvgIpc) is 3.80. The lowest BCUT2D eigenvalue weighted by atomic mass is 9.67. The Morgan fingerprint density at radius 1 is 0.321 bits per heavy atom. The van der Waals surface area contributed by atoms with Gasteiger partial charge in [-0.15, -0.1) is 11.3 Å². The van der Waals surface area contributed by atoms with Gasteiger partial charge in [0.1, 0.15) is 0 Å². The zero-order chi connectivity index (χ0) is 37.1. The monoisotopic (exact) mass is 731 g/mol. The second-order valence-electron chi connectivity index (χ2n) is 14.4. The van der Waals surface area contributed by atoms with Crippen molar-refractivity contribution in [2.24, 2.45) is 0 Å². The molecule has 0 fully saturated rings. The minimum Gasteiger partial charge on any atom is -0.208 e. The van der Waals surface area contributed by atoms with Gasteiger partial charge in [-0.2, -0.15) is 0 Å². The average molecular weight is 732 g/mol. The topological polar surface area (TPSA) is 38.7 Å². The zero-order valence-electron chi connectivity index (χ0n) is 30.3. The maximum absolute atomic E-state index is 5.29. The number of aromatic nitrogens is 3. The number of hydrogen-bond acceptors (Lipinski definition) is 4. The van der Waals surface area contributed by atoms with Crippen molar-refractivity contribution in [3.63, 3.8) is 0 Å². The molecule has 2 aromatic heterocycles. The van der Waals surface area contributed by atoms with Crippen LogP contribution in [0.1, 0.15) is 22.3 Å². The molecule has 262 valence electrons. The van der Waals surface area contributed by atoms with Gasteiger partial charge in [-0.3, -0.25) is 0 Å². The minimum absolute atomic E-state index is 0.528. The second kappa shape index (κ2) is 13.1. The molecular weight excluding hydrogens is 699 g/mol. The molecule has 11 rings (SSSR count). The molecule has 0 spiro atoms. The Kier molecular flexibility index (Phi) is 7.58. The van der Waals surface area contributed by atoms with Crippen LogP contribution in [0.3, 0.4) is 0 Å². The van der Waals surface area contributed by atoms with Crippen LogP contribution in [-0.2, 0) is 5.41 Å². The Morgan fingerprint density at radius 2 is 0.839 bits per heavy atom. The van der Waals surface area contributed by atoms with Crippen LogP contribution in [-0.4, -0.2) is 15.0 Å². The third-order valence-electron chi connectivity index (χ3n) is 11.2. The molecule has 0 N–H and O–H groups in total. The Balaban J connectivity index is 1.14. The normalized spacial score (nSPS) is 12.8. The Morgan fingerprint density at radius 3 is 1.57 bits per heavy atom. The van der Waals surface area contributed by atoms with E-state index in [1.807, 2.05) is 6.07 Å². The van der Waals surface area contributed by atoms with E-state index < -0.39 is 5.41 Å². The molecular formula is C52H33N3S. The highest BCUT2D eigenvalue weighted by molar-refractivity contribution is 7.25. The predicted molar refractivity (Wildman–Crippen MR) is 232 cm³/mol. The summed E-state index contributed by atoms with van der Waals surface area (Å²) >= 11 is 1.80. The van der Waals surface area contributed by atoms with Crippen LogP contribution in [0.5, 0.6) is 0 Å². The first kappa shape index (κ1) is 32.4. The highest BCUT2D eigenvalue weighted by atomic mass is 32.1. The smallest absolute Gasteiger partial charge is 0.164 e. The Labute approximate surface area is 329 Å². The van der Waals surface area contributed by atoms with Crippen molar-refractivity contribution >= 4 is 31.5 Å². The minimum atomic E-state index is -0.528. The fraction of sp³-hybridized carbons (Fsp3) is 0.0192. The molecule has 0 aliphatic heterocycles. The molecule has 1 aliphatic carbocycles. The number of rotatable bonds is 6. The van der Waals surface area contributed by atoms with Gasteiger partial charge in [-0.25, -0.2) is 15.0 Å². The van der Waals surface area contributed by atoms with Gasteiger partial charge in [-0.1, -0.05) is 176 Å². The first-order chi connectivity index (χ1) is 27.7. The standard InChI is InChI=1S/C52H33N3S/c1-4-15-34(16-5-1)35-17-14-18-36(31-35)49-53-50(55-51(54-49)38-28-30-44-43-24-11-13-26-47(43)56-48(44)33-38)37-27-29-42-41-23-10-12-25-45(41)52(46(42)32-37,39-19-6-2-7-20-39)40-21-8-3-9-22-40/h1-33H. The Bertz CT molecular complexity index is 3040. The number of thiophene rings is 1. The maximum atomic E-state index is 5.29. The lowest BCUT2D eigenvalue weighted by Gasteiger charge is -2.34. The van der Waals surface area contributed by atoms with Crippen LogP contribution >= 0.6 is 11.3 Å². The summed E-state index contributed by atoms with van der Waals surface area (Å²) in [6, 6.07) is 71.6. The number of benzene rings is 8.